The number of rotatable bonds is 5. The summed E-state index contributed by atoms with van der Waals surface area (Å²) in [5.74, 6) is 1.39. The van der Waals surface area contributed by atoms with Gasteiger partial charge in [0.05, 0.1) is 6.54 Å². The van der Waals surface area contributed by atoms with Crippen LogP contribution >= 0.6 is 11.8 Å². The number of thioether (sulfide) groups is 1. The van der Waals surface area contributed by atoms with Crippen LogP contribution in [0.25, 0.3) is 22.2 Å². The average Bonchev–Trinajstić information content (AvgIpc) is 3.26. The molecule has 4 rings (SSSR count). The Balaban J connectivity index is 1.53. The zero-order valence-corrected chi connectivity index (χ0v) is 13.1. The van der Waals surface area contributed by atoms with Gasteiger partial charge in [-0.1, -0.05) is 48.2 Å². The van der Waals surface area contributed by atoms with Gasteiger partial charge < -0.3 is 4.42 Å². The van der Waals surface area contributed by atoms with Crippen molar-refractivity contribution >= 4 is 22.5 Å². The van der Waals surface area contributed by atoms with E-state index in [9.17, 15) is 0 Å². The highest BCUT2D eigenvalue weighted by Gasteiger charge is 2.11. The normalized spacial score (nSPS) is 11.1. The lowest BCUT2D eigenvalue weighted by Gasteiger charge is -2.01. The summed E-state index contributed by atoms with van der Waals surface area (Å²) in [6.45, 7) is 0.809. The first kappa shape index (κ1) is 14.0. The van der Waals surface area contributed by atoms with Gasteiger partial charge in [0.2, 0.25) is 5.89 Å². The lowest BCUT2D eigenvalue weighted by molar-refractivity contribution is 0.465. The molecule has 23 heavy (non-hydrogen) atoms. The summed E-state index contributed by atoms with van der Waals surface area (Å²) < 4.78 is 7.69. The fourth-order valence-electron chi connectivity index (χ4n) is 2.45. The molecule has 0 unspecified atom stereocenters. The molecule has 0 aliphatic carbocycles. The summed E-state index contributed by atoms with van der Waals surface area (Å²) >= 11 is 1.54. The Bertz CT molecular complexity index is 912. The molecule has 0 spiro atoms. The fraction of sp³-hybridized carbons (Fsp3) is 0.118. The van der Waals surface area contributed by atoms with Gasteiger partial charge in [-0.15, -0.1) is 10.2 Å². The molecule has 0 amide bonds. The van der Waals surface area contributed by atoms with Gasteiger partial charge in [0.25, 0.3) is 5.22 Å². The molecule has 2 aromatic carbocycles. The van der Waals surface area contributed by atoms with Crippen LogP contribution in [0, 0.1) is 0 Å². The zero-order valence-electron chi connectivity index (χ0n) is 12.3. The van der Waals surface area contributed by atoms with Crippen LogP contribution in [0.4, 0.5) is 0 Å². The van der Waals surface area contributed by atoms with Crippen molar-refractivity contribution in [2.24, 2.45) is 0 Å². The standard InChI is InChI=1S/C17H14N4OS/c1-2-7-14-13(5-1)6-3-8-15(14)16-19-20-17(22-16)23-12-11-21-10-4-9-18-21/h1-10H,11-12H2. The largest absolute Gasteiger partial charge is 0.411 e. The fourth-order valence-corrected chi connectivity index (χ4v) is 3.14. The van der Waals surface area contributed by atoms with Crippen LogP contribution in [0.1, 0.15) is 0 Å². The molecule has 114 valence electrons. The smallest absolute Gasteiger partial charge is 0.276 e. The molecule has 0 saturated heterocycles. The SMILES string of the molecule is c1ccc2c(-c3nnc(SCCn4cccn4)o3)cccc2c1. The van der Waals surface area contributed by atoms with E-state index in [1.165, 1.54) is 11.8 Å². The maximum Gasteiger partial charge on any atom is 0.276 e. The Morgan fingerprint density at radius 1 is 1.00 bits per heavy atom. The van der Waals surface area contributed by atoms with E-state index >= 15 is 0 Å². The lowest BCUT2D eigenvalue weighted by atomic mass is 10.0. The molecular weight excluding hydrogens is 308 g/mol. The number of benzene rings is 2. The molecule has 0 saturated carbocycles. The second-order valence-electron chi connectivity index (χ2n) is 5.02. The molecule has 0 N–H and O–H groups in total. The molecule has 2 aromatic heterocycles. The number of nitrogens with zero attached hydrogens (tertiary/aromatic N) is 4. The Morgan fingerprint density at radius 2 is 1.91 bits per heavy atom. The predicted octanol–water partition coefficient (Wildman–Crippen LogP) is 3.88. The molecule has 0 fully saturated rings. The minimum Gasteiger partial charge on any atom is -0.411 e. The van der Waals surface area contributed by atoms with Crippen molar-refractivity contribution in [1.29, 1.82) is 0 Å². The highest BCUT2D eigenvalue weighted by Crippen LogP contribution is 2.29. The van der Waals surface area contributed by atoms with Gasteiger partial charge in [0.1, 0.15) is 0 Å². The maximum atomic E-state index is 5.81. The average molecular weight is 322 g/mol. The quantitative estimate of drug-likeness (QED) is 0.522. The van der Waals surface area contributed by atoms with Crippen LogP contribution in [0.3, 0.4) is 0 Å². The summed E-state index contributed by atoms with van der Waals surface area (Å²) in [6, 6.07) is 16.2. The summed E-state index contributed by atoms with van der Waals surface area (Å²) in [5.41, 5.74) is 0.967. The zero-order chi connectivity index (χ0) is 15.5. The first-order chi connectivity index (χ1) is 11.4. The van der Waals surface area contributed by atoms with E-state index in [-0.39, 0.29) is 0 Å². The van der Waals surface area contributed by atoms with Crippen LogP contribution < -0.4 is 0 Å². The third-order valence-corrected chi connectivity index (χ3v) is 4.33. The van der Waals surface area contributed by atoms with Crippen molar-refractivity contribution < 1.29 is 4.42 Å². The molecule has 6 heteroatoms. The predicted molar refractivity (Wildman–Crippen MR) is 90.2 cm³/mol. The topological polar surface area (TPSA) is 56.7 Å². The monoisotopic (exact) mass is 322 g/mol. The van der Waals surface area contributed by atoms with Gasteiger partial charge in [-0.3, -0.25) is 4.68 Å². The van der Waals surface area contributed by atoms with E-state index < -0.39 is 0 Å². The maximum absolute atomic E-state index is 5.81. The van der Waals surface area contributed by atoms with E-state index in [0.29, 0.717) is 11.1 Å². The molecular formula is C17H14N4OS. The number of hydrogen-bond donors (Lipinski definition) is 0. The minimum atomic E-state index is 0.559. The molecule has 2 heterocycles. The third kappa shape index (κ3) is 2.98. The van der Waals surface area contributed by atoms with Crippen molar-refractivity contribution in [1.82, 2.24) is 20.0 Å². The van der Waals surface area contributed by atoms with Gasteiger partial charge >= 0.3 is 0 Å². The molecule has 0 aliphatic heterocycles. The lowest BCUT2D eigenvalue weighted by Crippen LogP contribution is -2.00. The van der Waals surface area contributed by atoms with E-state index in [0.717, 1.165) is 28.6 Å². The van der Waals surface area contributed by atoms with E-state index in [1.54, 1.807) is 6.20 Å². The Kier molecular flexibility index (Phi) is 3.81. The van der Waals surface area contributed by atoms with Crippen molar-refractivity contribution in [3.8, 4) is 11.5 Å². The van der Waals surface area contributed by atoms with Crippen molar-refractivity contribution in [3.63, 3.8) is 0 Å². The van der Waals surface area contributed by atoms with E-state index in [4.69, 9.17) is 4.42 Å². The molecule has 0 bridgehead atoms. The molecule has 0 atom stereocenters. The molecule has 0 aliphatic rings. The first-order valence-corrected chi connectivity index (χ1v) is 8.30. The summed E-state index contributed by atoms with van der Waals surface area (Å²) in [4.78, 5) is 0. The summed E-state index contributed by atoms with van der Waals surface area (Å²) in [6.07, 6.45) is 3.71. The van der Waals surface area contributed by atoms with Crippen LogP contribution in [-0.4, -0.2) is 25.7 Å². The third-order valence-electron chi connectivity index (χ3n) is 3.53. The van der Waals surface area contributed by atoms with Crippen LogP contribution in [-0.2, 0) is 6.54 Å². The van der Waals surface area contributed by atoms with Crippen LogP contribution in [0.15, 0.2) is 70.6 Å². The second-order valence-corrected chi connectivity index (χ2v) is 6.06. The molecule has 0 radical (unpaired) electrons. The van der Waals surface area contributed by atoms with Gasteiger partial charge in [0.15, 0.2) is 0 Å². The van der Waals surface area contributed by atoms with Crippen molar-refractivity contribution in [2.75, 3.05) is 5.75 Å². The van der Waals surface area contributed by atoms with Crippen molar-refractivity contribution in [3.05, 3.63) is 60.9 Å². The Labute approximate surface area is 137 Å². The Hall–Kier alpha value is -2.60. The summed E-state index contributed by atoms with van der Waals surface area (Å²) in [7, 11) is 0. The molecule has 4 aromatic rings. The highest BCUT2D eigenvalue weighted by molar-refractivity contribution is 7.99. The van der Waals surface area contributed by atoms with Gasteiger partial charge in [-0.25, -0.2) is 0 Å². The Morgan fingerprint density at radius 3 is 2.83 bits per heavy atom. The number of fused-ring (bicyclic) bond motifs is 1. The summed E-state index contributed by atoms with van der Waals surface area (Å²) in [5, 5.41) is 15.4. The van der Waals surface area contributed by atoms with Gasteiger partial charge in [0, 0.05) is 23.7 Å². The van der Waals surface area contributed by atoms with Crippen molar-refractivity contribution in [2.45, 2.75) is 11.8 Å². The number of aromatic nitrogens is 4. The van der Waals surface area contributed by atoms with Crippen LogP contribution in [0.5, 0.6) is 0 Å². The van der Waals surface area contributed by atoms with E-state index in [2.05, 4.69) is 33.5 Å². The first-order valence-electron chi connectivity index (χ1n) is 7.32. The highest BCUT2D eigenvalue weighted by atomic mass is 32.2. The minimum absolute atomic E-state index is 0.559. The van der Waals surface area contributed by atoms with Crippen LogP contribution in [0.2, 0.25) is 0 Å². The second kappa shape index (κ2) is 6.26. The van der Waals surface area contributed by atoms with E-state index in [1.807, 2.05) is 41.2 Å². The number of hydrogen-bond acceptors (Lipinski definition) is 5. The van der Waals surface area contributed by atoms with Gasteiger partial charge in [-0.05, 0) is 22.9 Å². The number of aryl methyl sites for hydroxylation is 1. The molecule has 5 nitrogen and oxygen atoms in total. The van der Waals surface area contributed by atoms with Gasteiger partial charge in [-0.2, -0.15) is 5.10 Å².